The van der Waals surface area contributed by atoms with Crippen LogP contribution in [0.3, 0.4) is 0 Å². The molecule has 6 nitrogen and oxygen atoms in total. The third kappa shape index (κ3) is 5.68. The number of carbonyl (C=O) groups is 2. The third-order valence-corrected chi connectivity index (χ3v) is 3.94. The number of nitrogens with zero attached hydrogens (tertiary/aromatic N) is 1. The summed E-state index contributed by atoms with van der Waals surface area (Å²) in [6, 6.07) is 7.58. The van der Waals surface area contributed by atoms with Gasteiger partial charge in [0, 0.05) is 5.41 Å². The lowest BCUT2D eigenvalue weighted by atomic mass is 9.81. The number of carboxylic acid groups (broad SMARTS) is 1. The molecule has 0 fully saturated rings. The predicted octanol–water partition coefficient (Wildman–Crippen LogP) is 2.54. The van der Waals surface area contributed by atoms with Gasteiger partial charge in [-0.3, -0.25) is 4.79 Å². The molecule has 0 bridgehead atoms. The number of nitrogens with two attached hydrogens (primary N) is 1. The summed E-state index contributed by atoms with van der Waals surface area (Å²) < 4.78 is 6.81. The minimum atomic E-state index is -1.38. The van der Waals surface area contributed by atoms with E-state index < -0.39 is 11.6 Å². The molecule has 6 heteroatoms. The standard InChI is InChI=1S/C18H26N2O4/c1-12(20-24-18(4,5)16(22)23)17(2,3)11-14-8-6-13(7-9-14)10-15(19)21/h6-9H,10-11H2,1-5H3,(H2,19,21)(H,22,23)/b20-12+/i/hD. The molecule has 1 aromatic carbocycles. The van der Waals surface area contributed by atoms with Crippen molar-refractivity contribution in [1.29, 1.82) is 0 Å². The van der Waals surface area contributed by atoms with Crippen LogP contribution in [0.15, 0.2) is 29.4 Å². The summed E-state index contributed by atoms with van der Waals surface area (Å²) in [4.78, 5) is 27.5. The number of carbonyl (C=O) groups excluding carboxylic acids is 1. The van der Waals surface area contributed by atoms with Crippen molar-refractivity contribution in [3.63, 3.8) is 0 Å². The summed E-state index contributed by atoms with van der Waals surface area (Å²) in [5, 5.41) is 13.1. The Bertz CT molecular complexity index is 652. The van der Waals surface area contributed by atoms with E-state index in [1.165, 1.54) is 13.8 Å². The molecule has 0 radical (unpaired) electrons. The summed E-state index contributed by atoms with van der Waals surface area (Å²) in [5.74, 6) is -1.43. The van der Waals surface area contributed by atoms with Gasteiger partial charge in [0.1, 0.15) is 0 Å². The molecule has 24 heavy (non-hydrogen) atoms. The summed E-state index contributed by atoms with van der Waals surface area (Å²) in [7, 11) is 0. The molecule has 0 aliphatic rings. The van der Waals surface area contributed by atoms with Crippen molar-refractivity contribution in [2.24, 2.45) is 16.3 Å². The van der Waals surface area contributed by atoms with Gasteiger partial charge in [-0.15, -0.1) is 0 Å². The van der Waals surface area contributed by atoms with Crippen LogP contribution in [0.25, 0.3) is 0 Å². The number of benzene rings is 1. The number of aliphatic carboxylic acids is 1. The van der Waals surface area contributed by atoms with Gasteiger partial charge >= 0.3 is 5.97 Å². The van der Waals surface area contributed by atoms with E-state index in [0.29, 0.717) is 12.1 Å². The van der Waals surface area contributed by atoms with E-state index in [0.717, 1.165) is 11.1 Å². The van der Waals surface area contributed by atoms with Gasteiger partial charge in [-0.25, -0.2) is 4.79 Å². The van der Waals surface area contributed by atoms with Gasteiger partial charge in [0.25, 0.3) is 0 Å². The number of oxime groups is 1. The second-order valence-corrected chi connectivity index (χ2v) is 7.06. The highest BCUT2D eigenvalue weighted by Gasteiger charge is 2.31. The van der Waals surface area contributed by atoms with Gasteiger partial charge in [0.15, 0.2) is 1.41 Å². The molecular weight excluding hydrogens is 308 g/mol. The summed E-state index contributed by atoms with van der Waals surface area (Å²) in [6.45, 7) is 8.72. The Hall–Kier alpha value is -2.37. The summed E-state index contributed by atoms with van der Waals surface area (Å²) >= 11 is 0. The van der Waals surface area contributed by atoms with Crippen LogP contribution >= 0.6 is 0 Å². The molecule has 0 spiro atoms. The van der Waals surface area contributed by atoms with Crippen molar-refractivity contribution in [2.45, 2.75) is 53.1 Å². The highest BCUT2D eigenvalue weighted by atomic mass is 16.7. The minimum absolute atomic E-state index is 0.172. The number of amides is 1. The van der Waals surface area contributed by atoms with Crippen molar-refractivity contribution >= 4 is 17.6 Å². The Morgan fingerprint density at radius 2 is 1.75 bits per heavy atom. The van der Waals surface area contributed by atoms with E-state index >= 15 is 0 Å². The van der Waals surface area contributed by atoms with Crippen LogP contribution in [-0.2, 0) is 27.3 Å². The molecule has 132 valence electrons. The van der Waals surface area contributed by atoms with E-state index in [1.807, 2.05) is 50.8 Å². The highest BCUT2D eigenvalue weighted by molar-refractivity contribution is 5.87. The Kier molecular flexibility index (Phi) is 5.59. The molecule has 1 rings (SSSR count). The minimum Gasteiger partial charge on any atom is -0.478 e. The maximum absolute atomic E-state index is 11.2. The van der Waals surface area contributed by atoms with Crippen molar-refractivity contribution < 1.29 is 20.9 Å². The Labute approximate surface area is 144 Å². The second-order valence-electron chi connectivity index (χ2n) is 7.06. The van der Waals surface area contributed by atoms with E-state index in [1.54, 1.807) is 0 Å². The first kappa shape index (κ1) is 18.0. The van der Waals surface area contributed by atoms with Crippen LogP contribution in [0.4, 0.5) is 0 Å². The normalized spacial score (nSPS) is 13.2. The van der Waals surface area contributed by atoms with Crippen LogP contribution in [0, 0.1) is 5.41 Å². The molecule has 1 aromatic rings. The van der Waals surface area contributed by atoms with Gasteiger partial charge in [-0.1, -0.05) is 43.3 Å². The van der Waals surface area contributed by atoms with Gasteiger partial charge < -0.3 is 15.7 Å². The fourth-order valence-corrected chi connectivity index (χ4v) is 1.94. The number of hydrogen-bond acceptors (Lipinski definition) is 4. The molecular formula is C18H26N2O4. The first-order valence-electron chi connectivity index (χ1n) is 8.23. The smallest absolute Gasteiger partial charge is 0.350 e. The molecule has 0 aromatic heterocycles. The number of primary amides is 1. The van der Waals surface area contributed by atoms with Crippen LogP contribution in [0.1, 0.15) is 45.7 Å². The topological polar surface area (TPSA) is 102 Å². The maximum Gasteiger partial charge on any atom is 0.350 e. The number of rotatable bonds is 8. The predicted molar refractivity (Wildman–Crippen MR) is 92.7 cm³/mol. The van der Waals surface area contributed by atoms with Crippen molar-refractivity contribution in [3.8, 4) is 0 Å². The molecule has 0 unspecified atom stereocenters. The van der Waals surface area contributed by atoms with Crippen LogP contribution < -0.4 is 5.73 Å². The van der Waals surface area contributed by atoms with Gasteiger partial charge in [0.05, 0.1) is 12.1 Å². The average Bonchev–Trinajstić information content (AvgIpc) is 2.53. The first-order chi connectivity index (χ1) is 11.5. The molecule has 1 amide bonds. The number of carboxylic acids is 1. The lowest BCUT2D eigenvalue weighted by Crippen LogP contribution is -2.34. The lowest BCUT2D eigenvalue weighted by Gasteiger charge is -2.26. The molecule has 0 atom stereocenters. The quantitative estimate of drug-likeness (QED) is 0.563. The van der Waals surface area contributed by atoms with Gasteiger partial charge in [-0.05, 0) is 38.3 Å². The Morgan fingerprint density at radius 3 is 2.25 bits per heavy atom. The third-order valence-electron chi connectivity index (χ3n) is 3.94. The lowest BCUT2D eigenvalue weighted by molar-refractivity contribution is -0.161. The molecule has 3 N–H and O–H groups in total. The van der Waals surface area contributed by atoms with Crippen molar-refractivity contribution in [1.82, 2.24) is 0 Å². The Morgan fingerprint density at radius 1 is 1.21 bits per heavy atom. The SMILES string of the molecule is [2H]NC(=O)Cc1ccc(CC(C)(C)/C(C)=N/OC(C)(C)C(=O)O)cc1. The molecule has 0 aliphatic heterocycles. The Balaban J connectivity index is 2.79. The largest absolute Gasteiger partial charge is 0.478 e. The second kappa shape index (κ2) is 7.47. The fraction of sp³-hybridized carbons (Fsp3) is 0.500. The number of hydrogen-bond donors (Lipinski definition) is 2. The van der Waals surface area contributed by atoms with E-state index in [-0.39, 0.29) is 17.7 Å². The summed E-state index contributed by atoms with van der Waals surface area (Å²) in [6.07, 6.45) is 0.857. The van der Waals surface area contributed by atoms with Crippen LogP contribution in [0.5, 0.6) is 0 Å². The zero-order valence-corrected chi connectivity index (χ0v) is 14.8. The van der Waals surface area contributed by atoms with Crippen molar-refractivity contribution in [2.75, 3.05) is 0 Å². The van der Waals surface area contributed by atoms with Crippen molar-refractivity contribution in [3.05, 3.63) is 35.4 Å². The first-order valence-corrected chi connectivity index (χ1v) is 7.73. The maximum atomic E-state index is 11.2. The molecule has 0 heterocycles. The summed E-state index contributed by atoms with van der Waals surface area (Å²) in [5.41, 5.74) is 2.75. The molecule has 0 saturated carbocycles. The monoisotopic (exact) mass is 335 g/mol. The van der Waals surface area contributed by atoms with Crippen LogP contribution in [-0.4, -0.2) is 28.3 Å². The van der Waals surface area contributed by atoms with E-state index in [9.17, 15) is 9.59 Å². The zero-order chi connectivity index (χ0) is 19.3. The molecule has 0 saturated heterocycles. The van der Waals surface area contributed by atoms with Gasteiger partial charge in [0.2, 0.25) is 11.5 Å². The zero-order valence-electron chi connectivity index (χ0n) is 15.8. The van der Waals surface area contributed by atoms with Gasteiger partial charge in [-0.2, -0.15) is 0 Å². The highest BCUT2D eigenvalue weighted by Crippen LogP contribution is 2.25. The van der Waals surface area contributed by atoms with Crippen LogP contribution in [0.2, 0.25) is 1.41 Å². The fourth-order valence-electron chi connectivity index (χ4n) is 1.94. The van der Waals surface area contributed by atoms with E-state index in [2.05, 4.69) is 5.16 Å². The van der Waals surface area contributed by atoms with E-state index in [4.69, 9.17) is 11.4 Å². The average molecular weight is 335 g/mol. The molecule has 0 aliphatic carbocycles.